The van der Waals surface area contributed by atoms with E-state index in [2.05, 4.69) is 41.8 Å². The number of amides is 1. The molecule has 1 fully saturated rings. The molecule has 4 rings (SSSR count). The summed E-state index contributed by atoms with van der Waals surface area (Å²) in [5.41, 5.74) is 4.38. The number of hydrogen-bond donors (Lipinski definition) is 1. The van der Waals surface area contributed by atoms with E-state index in [1.165, 1.54) is 11.1 Å². The Kier molecular flexibility index (Phi) is 5.25. The fourth-order valence-corrected chi connectivity index (χ4v) is 4.57. The summed E-state index contributed by atoms with van der Waals surface area (Å²) in [5.74, 6) is -1.45. The SMILES string of the molecule is Cc1ccc(Cn2cc(/C=C3\SC(=S)N(CC(=O)O)C3=O)c3ccccc32)cc1. The Morgan fingerprint density at radius 3 is 2.62 bits per heavy atom. The number of aliphatic carboxylic acids is 1. The Bertz CT molecular complexity index is 1160. The fourth-order valence-electron chi connectivity index (χ4n) is 3.32. The van der Waals surface area contributed by atoms with Crippen molar-refractivity contribution in [2.24, 2.45) is 0 Å². The molecule has 0 atom stereocenters. The molecule has 0 spiro atoms. The number of benzene rings is 2. The minimum atomic E-state index is -1.09. The lowest BCUT2D eigenvalue weighted by atomic mass is 10.1. The zero-order valence-corrected chi connectivity index (χ0v) is 17.3. The third kappa shape index (κ3) is 3.97. The zero-order chi connectivity index (χ0) is 20.5. The molecule has 0 unspecified atom stereocenters. The highest BCUT2D eigenvalue weighted by molar-refractivity contribution is 8.26. The number of para-hydroxylation sites is 1. The van der Waals surface area contributed by atoms with Crippen LogP contribution in [0, 0.1) is 6.92 Å². The van der Waals surface area contributed by atoms with E-state index >= 15 is 0 Å². The van der Waals surface area contributed by atoms with Crippen molar-refractivity contribution < 1.29 is 14.7 Å². The molecule has 0 bridgehead atoms. The summed E-state index contributed by atoms with van der Waals surface area (Å²) < 4.78 is 2.43. The van der Waals surface area contributed by atoms with Crippen molar-refractivity contribution >= 4 is 57.2 Å². The first-order valence-corrected chi connectivity index (χ1v) is 10.3. The van der Waals surface area contributed by atoms with E-state index in [-0.39, 0.29) is 10.2 Å². The van der Waals surface area contributed by atoms with Gasteiger partial charge in [-0.1, -0.05) is 72.0 Å². The van der Waals surface area contributed by atoms with Gasteiger partial charge in [0.1, 0.15) is 10.9 Å². The van der Waals surface area contributed by atoms with Gasteiger partial charge in [0.05, 0.1) is 4.91 Å². The first kappa shape index (κ1) is 19.4. The molecule has 1 N–H and O–H groups in total. The first-order chi connectivity index (χ1) is 13.9. The molecule has 0 saturated carbocycles. The second-order valence-corrected chi connectivity index (χ2v) is 8.55. The van der Waals surface area contributed by atoms with Gasteiger partial charge in [0.25, 0.3) is 5.91 Å². The summed E-state index contributed by atoms with van der Waals surface area (Å²) in [6, 6.07) is 16.4. The Morgan fingerprint density at radius 1 is 1.17 bits per heavy atom. The molecule has 3 aromatic rings. The van der Waals surface area contributed by atoms with Crippen molar-refractivity contribution in [1.82, 2.24) is 9.47 Å². The van der Waals surface area contributed by atoms with Crippen molar-refractivity contribution in [2.75, 3.05) is 6.54 Å². The highest BCUT2D eigenvalue weighted by Gasteiger charge is 2.33. The van der Waals surface area contributed by atoms with Crippen molar-refractivity contribution in [3.05, 3.63) is 76.3 Å². The maximum atomic E-state index is 12.6. The number of hydrogen-bond acceptors (Lipinski definition) is 4. The molecule has 1 aromatic heterocycles. The standard InChI is InChI=1S/C22H18N2O3S2/c1-14-6-8-15(9-7-14)11-23-12-16(17-4-2-3-5-18(17)23)10-19-21(27)24(13-20(25)26)22(28)29-19/h2-10,12H,11,13H2,1H3,(H,25,26)/b19-10-. The lowest BCUT2D eigenvalue weighted by Crippen LogP contribution is -2.33. The van der Waals surface area contributed by atoms with Gasteiger partial charge in [-0.05, 0) is 24.6 Å². The number of carboxylic acids is 1. The molecular formula is C22H18N2O3S2. The van der Waals surface area contributed by atoms with Crippen LogP contribution in [0.25, 0.3) is 17.0 Å². The summed E-state index contributed by atoms with van der Waals surface area (Å²) in [7, 11) is 0. The number of carboxylic acid groups (broad SMARTS) is 1. The molecular weight excluding hydrogens is 404 g/mol. The Morgan fingerprint density at radius 2 is 1.90 bits per heavy atom. The number of aryl methyl sites for hydroxylation is 1. The molecule has 1 saturated heterocycles. The molecule has 1 amide bonds. The number of thiocarbonyl (C=S) groups is 1. The van der Waals surface area contributed by atoms with E-state index in [4.69, 9.17) is 17.3 Å². The predicted molar refractivity (Wildman–Crippen MR) is 120 cm³/mol. The minimum Gasteiger partial charge on any atom is -0.480 e. The molecule has 0 aliphatic carbocycles. The maximum Gasteiger partial charge on any atom is 0.323 e. The number of thioether (sulfide) groups is 1. The van der Waals surface area contributed by atoms with Crippen LogP contribution in [0.3, 0.4) is 0 Å². The topological polar surface area (TPSA) is 62.5 Å². The van der Waals surface area contributed by atoms with Crippen LogP contribution in [0.5, 0.6) is 0 Å². The number of aromatic nitrogens is 1. The van der Waals surface area contributed by atoms with Crippen LogP contribution < -0.4 is 0 Å². The fraction of sp³-hybridized carbons (Fsp3) is 0.136. The third-order valence-corrected chi connectivity index (χ3v) is 6.12. The molecule has 2 aromatic carbocycles. The van der Waals surface area contributed by atoms with Gasteiger partial charge in [-0.2, -0.15) is 0 Å². The summed E-state index contributed by atoms with van der Waals surface area (Å²) in [6.45, 7) is 2.36. The van der Waals surface area contributed by atoms with E-state index in [0.717, 1.165) is 33.1 Å². The van der Waals surface area contributed by atoms with Crippen LogP contribution in [0.15, 0.2) is 59.6 Å². The highest BCUT2D eigenvalue weighted by Crippen LogP contribution is 2.34. The van der Waals surface area contributed by atoms with Crippen LogP contribution in [0.2, 0.25) is 0 Å². The van der Waals surface area contributed by atoms with Crippen molar-refractivity contribution in [3.8, 4) is 0 Å². The molecule has 7 heteroatoms. The molecule has 0 radical (unpaired) electrons. The van der Waals surface area contributed by atoms with Crippen molar-refractivity contribution in [2.45, 2.75) is 13.5 Å². The summed E-state index contributed by atoms with van der Waals surface area (Å²) in [4.78, 5) is 25.2. The zero-order valence-electron chi connectivity index (χ0n) is 15.7. The van der Waals surface area contributed by atoms with Gasteiger partial charge in [0.2, 0.25) is 0 Å². The number of carbonyl (C=O) groups excluding carboxylic acids is 1. The highest BCUT2D eigenvalue weighted by atomic mass is 32.2. The number of rotatable bonds is 5. The minimum absolute atomic E-state index is 0.270. The van der Waals surface area contributed by atoms with Crippen LogP contribution in [0.4, 0.5) is 0 Å². The van der Waals surface area contributed by atoms with Crippen LogP contribution in [-0.4, -0.2) is 37.3 Å². The van der Waals surface area contributed by atoms with Crippen molar-refractivity contribution in [3.63, 3.8) is 0 Å². The lowest BCUT2D eigenvalue weighted by Gasteiger charge is -2.10. The molecule has 1 aliphatic rings. The Hall–Kier alpha value is -2.90. The normalized spacial score (nSPS) is 15.6. The second-order valence-electron chi connectivity index (χ2n) is 6.88. The second kappa shape index (κ2) is 7.85. The molecule has 29 heavy (non-hydrogen) atoms. The monoisotopic (exact) mass is 422 g/mol. The smallest absolute Gasteiger partial charge is 0.323 e. The van der Waals surface area contributed by atoms with E-state index in [9.17, 15) is 9.59 Å². The molecule has 2 heterocycles. The Labute approximate surface area is 177 Å². The first-order valence-electron chi connectivity index (χ1n) is 9.03. The number of carbonyl (C=O) groups is 2. The van der Waals surface area contributed by atoms with Crippen LogP contribution in [0.1, 0.15) is 16.7 Å². The molecule has 146 valence electrons. The van der Waals surface area contributed by atoms with Gasteiger partial charge < -0.3 is 9.67 Å². The Balaban J connectivity index is 1.70. The van der Waals surface area contributed by atoms with E-state index in [1.807, 2.05) is 24.4 Å². The van der Waals surface area contributed by atoms with Crippen LogP contribution >= 0.6 is 24.0 Å². The maximum absolute atomic E-state index is 12.6. The van der Waals surface area contributed by atoms with Crippen LogP contribution in [-0.2, 0) is 16.1 Å². The quantitative estimate of drug-likeness (QED) is 0.491. The largest absolute Gasteiger partial charge is 0.480 e. The van der Waals surface area contributed by atoms with Gasteiger partial charge in [0.15, 0.2) is 0 Å². The van der Waals surface area contributed by atoms with Gasteiger partial charge in [-0.3, -0.25) is 14.5 Å². The third-order valence-electron chi connectivity index (χ3n) is 4.75. The number of fused-ring (bicyclic) bond motifs is 1. The number of nitrogens with zero attached hydrogens (tertiary/aromatic N) is 2. The average Bonchev–Trinajstić information content (AvgIpc) is 3.16. The molecule has 1 aliphatic heterocycles. The molecule has 5 nitrogen and oxygen atoms in total. The van der Waals surface area contributed by atoms with Gasteiger partial charge in [-0.15, -0.1) is 0 Å². The summed E-state index contributed by atoms with van der Waals surface area (Å²) in [5, 5.41) is 10.0. The lowest BCUT2D eigenvalue weighted by molar-refractivity contribution is -0.140. The van der Waals surface area contributed by atoms with Gasteiger partial charge in [0, 0.05) is 29.2 Å². The van der Waals surface area contributed by atoms with E-state index < -0.39 is 12.5 Å². The summed E-state index contributed by atoms with van der Waals surface area (Å²) >= 11 is 6.32. The van der Waals surface area contributed by atoms with E-state index in [0.29, 0.717) is 11.4 Å². The van der Waals surface area contributed by atoms with E-state index in [1.54, 1.807) is 6.08 Å². The van der Waals surface area contributed by atoms with Gasteiger partial charge in [-0.25, -0.2) is 0 Å². The van der Waals surface area contributed by atoms with Gasteiger partial charge >= 0.3 is 5.97 Å². The predicted octanol–water partition coefficient (Wildman–Crippen LogP) is 4.28. The van der Waals surface area contributed by atoms with Crippen molar-refractivity contribution in [1.29, 1.82) is 0 Å². The average molecular weight is 423 g/mol. The summed E-state index contributed by atoms with van der Waals surface area (Å²) in [6.07, 6.45) is 3.82.